The molecular formula is C17H25NO2S. The molecule has 0 amide bonds. The van der Waals surface area contributed by atoms with Crippen molar-refractivity contribution in [1.29, 1.82) is 0 Å². The van der Waals surface area contributed by atoms with Gasteiger partial charge in [-0.1, -0.05) is 35.7 Å². The minimum atomic E-state index is -0.986. The molecule has 0 saturated heterocycles. The van der Waals surface area contributed by atoms with Crippen LogP contribution in [0.3, 0.4) is 0 Å². The van der Waals surface area contributed by atoms with Gasteiger partial charge in [-0.25, -0.2) is 0 Å². The molecule has 0 aromatic heterocycles. The molecule has 21 heavy (non-hydrogen) atoms. The quantitative estimate of drug-likeness (QED) is 0.789. The lowest BCUT2D eigenvalue weighted by atomic mass is 9.86. The first-order valence-corrected chi connectivity index (χ1v) is 8.74. The first kappa shape index (κ1) is 16.4. The molecule has 3 N–H and O–H groups in total. The Hall–Kier alpha value is -1.00. The Morgan fingerprint density at radius 2 is 2.05 bits per heavy atom. The zero-order valence-corrected chi connectivity index (χ0v) is 13.7. The van der Waals surface area contributed by atoms with E-state index >= 15 is 0 Å². The van der Waals surface area contributed by atoms with Crippen LogP contribution in [0, 0.1) is 19.8 Å². The summed E-state index contributed by atoms with van der Waals surface area (Å²) in [7, 11) is 0. The minimum absolute atomic E-state index is 0.127. The van der Waals surface area contributed by atoms with Crippen LogP contribution in [0.1, 0.15) is 42.4 Å². The molecule has 1 aliphatic carbocycles. The first-order valence-electron chi connectivity index (χ1n) is 7.59. The van der Waals surface area contributed by atoms with Crippen LogP contribution in [0.4, 0.5) is 0 Å². The number of carbonyl (C=O) groups is 1. The van der Waals surface area contributed by atoms with E-state index in [-0.39, 0.29) is 5.92 Å². The fraction of sp³-hybridized carbons (Fsp3) is 0.588. The number of carboxylic acid groups (broad SMARTS) is 1. The zero-order valence-electron chi connectivity index (χ0n) is 12.9. The molecule has 0 bridgehead atoms. The lowest BCUT2D eigenvalue weighted by Crippen LogP contribution is -2.51. The molecule has 116 valence electrons. The van der Waals surface area contributed by atoms with Crippen LogP contribution in [-0.4, -0.2) is 22.4 Å². The van der Waals surface area contributed by atoms with E-state index in [1.54, 1.807) is 0 Å². The van der Waals surface area contributed by atoms with E-state index in [1.165, 1.54) is 16.7 Å². The van der Waals surface area contributed by atoms with Crippen molar-refractivity contribution in [1.82, 2.24) is 0 Å². The molecule has 3 nitrogen and oxygen atoms in total. The van der Waals surface area contributed by atoms with E-state index in [9.17, 15) is 9.90 Å². The molecule has 2 rings (SSSR count). The van der Waals surface area contributed by atoms with Crippen LogP contribution >= 0.6 is 11.8 Å². The predicted molar refractivity (Wildman–Crippen MR) is 88.6 cm³/mol. The van der Waals surface area contributed by atoms with E-state index < -0.39 is 11.5 Å². The van der Waals surface area contributed by atoms with Gasteiger partial charge < -0.3 is 10.8 Å². The van der Waals surface area contributed by atoms with Gasteiger partial charge in [0, 0.05) is 5.75 Å². The molecule has 0 heterocycles. The second-order valence-electron chi connectivity index (χ2n) is 6.27. The fourth-order valence-electron chi connectivity index (χ4n) is 3.35. The number of hydrogen-bond donors (Lipinski definition) is 2. The molecule has 4 heteroatoms. The van der Waals surface area contributed by atoms with Crippen LogP contribution in [-0.2, 0) is 10.5 Å². The van der Waals surface area contributed by atoms with Gasteiger partial charge in [0.25, 0.3) is 0 Å². The summed E-state index contributed by atoms with van der Waals surface area (Å²) in [5.41, 5.74) is 9.03. The largest absolute Gasteiger partial charge is 0.480 e. The van der Waals surface area contributed by atoms with Gasteiger partial charge in [-0.3, -0.25) is 4.79 Å². The van der Waals surface area contributed by atoms with E-state index in [0.29, 0.717) is 6.42 Å². The highest BCUT2D eigenvalue weighted by Gasteiger charge is 2.45. The summed E-state index contributed by atoms with van der Waals surface area (Å²) in [6.07, 6.45) is 3.41. The van der Waals surface area contributed by atoms with Crippen molar-refractivity contribution in [3.63, 3.8) is 0 Å². The average molecular weight is 307 g/mol. The topological polar surface area (TPSA) is 63.3 Å². The van der Waals surface area contributed by atoms with Gasteiger partial charge in [-0.05, 0) is 50.3 Å². The monoisotopic (exact) mass is 307 g/mol. The molecule has 1 aliphatic rings. The van der Waals surface area contributed by atoms with Crippen molar-refractivity contribution in [2.75, 3.05) is 5.75 Å². The molecule has 2 atom stereocenters. The van der Waals surface area contributed by atoms with Crippen LogP contribution in [0.2, 0.25) is 0 Å². The summed E-state index contributed by atoms with van der Waals surface area (Å²) >= 11 is 1.87. The number of aliphatic carboxylic acids is 1. The maximum Gasteiger partial charge on any atom is 0.323 e. The Bertz CT molecular complexity index is 497. The van der Waals surface area contributed by atoms with Crippen molar-refractivity contribution in [2.45, 2.75) is 50.8 Å². The molecular weight excluding hydrogens is 282 g/mol. The SMILES string of the molecule is Cc1cc(C)cc(CSCCC2CCCC2(N)C(=O)O)c1. The summed E-state index contributed by atoms with van der Waals surface area (Å²) in [6, 6.07) is 6.63. The number of nitrogens with two attached hydrogens (primary N) is 1. The summed E-state index contributed by atoms with van der Waals surface area (Å²) < 4.78 is 0. The number of benzene rings is 1. The van der Waals surface area contributed by atoms with Gasteiger partial charge >= 0.3 is 5.97 Å². The number of rotatable bonds is 6. The zero-order chi connectivity index (χ0) is 15.5. The molecule has 1 aromatic rings. The predicted octanol–water partition coefficient (Wildman–Crippen LogP) is 3.51. The maximum atomic E-state index is 11.3. The fourth-order valence-corrected chi connectivity index (χ4v) is 4.35. The van der Waals surface area contributed by atoms with E-state index in [2.05, 4.69) is 32.0 Å². The van der Waals surface area contributed by atoms with Crippen LogP contribution < -0.4 is 5.73 Å². The summed E-state index contributed by atoms with van der Waals surface area (Å²) in [6.45, 7) is 4.24. The van der Waals surface area contributed by atoms with Crippen LogP contribution in [0.25, 0.3) is 0 Å². The Balaban J connectivity index is 1.81. The molecule has 1 aromatic carbocycles. The van der Waals surface area contributed by atoms with E-state index in [0.717, 1.165) is 30.8 Å². The van der Waals surface area contributed by atoms with Gasteiger partial charge in [0.15, 0.2) is 0 Å². The lowest BCUT2D eigenvalue weighted by Gasteiger charge is -2.26. The number of carboxylic acids is 1. The molecule has 0 aliphatic heterocycles. The van der Waals surface area contributed by atoms with Gasteiger partial charge in [0.2, 0.25) is 0 Å². The number of thioether (sulfide) groups is 1. The van der Waals surface area contributed by atoms with Gasteiger partial charge in [-0.15, -0.1) is 0 Å². The standard InChI is InChI=1S/C17H25NO2S/c1-12-8-13(2)10-14(9-12)11-21-7-5-15-4-3-6-17(15,18)16(19)20/h8-10,15H,3-7,11,18H2,1-2H3,(H,19,20). The Morgan fingerprint density at radius 1 is 1.38 bits per heavy atom. The maximum absolute atomic E-state index is 11.3. The molecule has 1 fully saturated rings. The normalized spacial score (nSPS) is 25.2. The molecule has 0 radical (unpaired) electrons. The third-order valence-electron chi connectivity index (χ3n) is 4.43. The summed E-state index contributed by atoms with van der Waals surface area (Å²) in [5, 5.41) is 9.31. The van der Waals surface area contributed by atoms with Gasteiger partial charge in [0.05, 0.1) is 0 Å². The van der Waals surface area contributed by atoms with Crippen molar-refractivity contribution >= 4 is 17.7 Å². The minimum Gasteiger partial charge on any atom is -0.480 e. The van der Waals surface area contributed by atoms with Crippen molar-refractivity contribution < 1.29 is 9.90 Å². The van der Waals surface area contributed by atoms with Crippen molar-refractivity contribution in [2.24, 2.45) is 11.7 Å². The highest BCUT2D eigenvalue weighted by molar-refractivity contribution is 7.98. The summed E-state index contributed by atoms with van der Waals surface area (Å²) in [5.74, 6) is 1.26. The lowest BCUT2D eigenvalue weighted by molar-refractivity contribution is -0.144. The number of hydrogen-bond acceptors (Lipinski definition) is 3. The first-order chi connectivity index (χ1) is 9.91. The third kappa shape index (κ3) is 4.01. The number of aryl methyl sites for hydroxylation is 2. The second kappa shape index (κ2) is 6.84. The second-order valence-corrected chi connectivity index (χ2v) is 7.38. The third-order valence-corrected chi connectivity index (χ3v) is 5.49. The van der Waals surface area contributed by atoms with Crippen molar-refractivity contribution in [3.05, 3.63) is 34.9 Å². The highest BCUT2D eigenvalue weighted by Crippen LogP contribution is 2.37. The Morgan fingerprint density at radius 3 is 2.67 bits per heavy atom. The van der Waals surface area contributed by atoms with Crippen LogP contribution in [0.15, 0.2) is 18.2 Å². The van der Waals surface area contributed by atoms with E-state index in [4.69, 9.17) is 5.73 Å². The van der Waals surface area contributed by atoms with Gasteiger partial charge in [-0.2, -0.15) is 11.8 Å². The molecule has 0 spiro atoms. The van der Waals surface area contributed by atoms with E-state index in [1.807, 2.05) is 11.8 Å². The average Bonchev–Trinajstić information content (AvgIpc) is 2.76. The van der Waals surface area contributed by atoms with Gasteiger partial charge in [0.1, 0.15) is 5.54 Å². The van der Waals surface area contributed by atoms with Crippen molar-refractivity contribution in [3.8, 4) is 0 Å². The smallest absolute Gasteiger partial charge is 0.323 e. The molecule has 1 saturated carbocycles. The highest BCUT2D eigenvalue weighted by atomic mass is 32.2. The molecule has 2 unspecified atom stereocenters. The summed E-state index contributed by atoms with van der Waals surface area (Å²) in [4.78, 5) is 11.3. The van der Waals surface area contributed by atoms with Crippen LogP contribution in [0.5, 0.6) is 0 Å². The Kier molecular flexibility index (Phi) is 5.33. The Labute approximate surface area is 131 Å².